The minimum Gasteiger partial charge on any atom is -0.481 e. The molecule has 3 unspecified atom stereocenters. The summed E-state index contributed by atoms with van der Waals surface area (Å²) < 4.78 is 1.72. The Morgan fingerprint density at radius 2 is 2.10 bits per heavy atom. The van der Waals surface area contributed by atoms with E-state index in [0.717, 1.165) is 25.9 Å². The Morgan fingerprint density at radius 3 is 2.71 bits per heavy atom. The van der Waals surface area contributed by atoms with Gasteiger partial charge in [0.25, 0.3) is 5.91 Å². The van der Waals surface area contributed by atoms with Gasteiger partial charge >= 0.3 is 5.97 Å². The van der Waals surface area contributed by atoms with Crippen LogP contribution in [0, 0.1) is 5.92 Å². The van der Waals surface area contributed by atoms with Crippen molar-refractivity contribution in [2.45, 2.75) is 37.4 Å². The average molecular weight is 291 g/mol. The smallest absolute Gasteiger partial charge is 0.308 e. The van der Waals surface area contributed by atoms with Crippen LogP contribution in [0.5, 0.6) is 0 Å². The maximum Gasteiger partial charge on any atom is 0.308 e. The van der Waals surface area contributed by atoms with Gasteiger partial charge in [0, 0.05) is 25.2 Å². The Kier molecular flexibility index (Phi) is 2.75. The van der Waals surface area contributed by atoms with Crippen LogP contribution in [0.25, 0.3) is 0 Å². The molecule has 2 N–H and O–H groups in total. The number of carbonyl (C=O) groups is 2. The number of hydrogen-bond acceptors (Lipinski definition) is 5. The fourth-order valence-corrected chi connectivity index (χ4v) is 3.72. The second-order valence-corrected chi connectivity index (χ2v) is 6.09. The van der Waals surface area contributed by atoms with E-state index < -0.39 is 11.9 Å². The molecule has 4 heterocycles. The number of carboxylic acid groups (broad SMARTS) is 1. The molecule has 8 nitrogen and oxygen atoms in total. The SMILES string of the molecule is O=C(O)C1CC2CCC1N2C(=O)c1cn(C2CNC2)nn1. The molecule has 1 aromatic heterocycles. The zero-order chi connectivity index (χ0) is 14.6. The highest BCUT2D eigenvalue weighted by atomic mass is 16.4. The second kappa shape index (κ2) is 4.52. The van der Waals surface area contributed by atoms with E-state index in [9.17, 15) is 14.7 Å². The van der Waals surface area contributed by atoms with Crippen molar-refractivity contribution in [1.82, 2.24) is 25.2 Å². The lowest BCUT2D eigenvalue weighted by Gasteiger charge is -2.26. The Balaban J connectivity index is 1.55. The van der Waals surface area contributed by atoms with Gasteiger partial charge in [-0.1, -0.05) is 5.21 Å². The molecule has 3 fully saturated rings. The third-order valence-corrected chi connectivity index (χ3v) is 4.95. The molecule has 8 heteroatoms. The predicted molar refractivity (Wildman–Crippen MR) is 70.7 cm³/mol. The molecular formula is C13H17N5O3. The zero-order valence-corrected chi connectivity index (χ0v) is 11.5. The van der Waals surface area contributed by atoms with Crippen molar-refractivity contribution in [1.29, 1.82) is 0 Å². The zero-order valence-electron chi connectivity index (χ0n) is 11.5. The van der Waals surface area contributed by atoms with Crippen LogP contribution in [0.3, 0.4) is 0 Å². The third-order valence-electron chi connectivity index (χ3n) is 4.95. The minimum atomic E-state index is -0.802. The van der Waals surface area contributed by atoms with Crippen LogP contribution >= 0.6 is 0 Å². The largest absolute Gasteiger partial charge is 0.481 e. The number of nitrogens with zero attached hydrogens (tertiary/aromatic N) is 4. The van der Waals surface area contributed by atoms with E-state index in [1.54, 1.807) is 15.8 Å². The first-order chi connectivity index (χ1) is 10.1. The van der Waals surface area contributed by atoms with Gasteiger partial charge in [-0.2, -0.15) is 0 Å². The Hall–Kier alpha value is -1.96. The van der Waals surface area contributed by atoms with E-state index in [2.05, 4.69) is 15.6 Å². The quantitative estimate of drug-likeness (QED) is 0.778. The number of aliphatic carboxylic acids is 1. The molecular weight excluding hydrogens is 274 g/mol. The van der Waals surface area contributed by atoms with Crippen molar-refractivity contribution < 1.29 is 14.7 Å². The van der Waals surface area contributed by atoms with E-state index in [4.69, 9.17) is 0 Å². The fourth-order valence-electron chi connectivity index (χ4n) is 3.72. The predicted octanol–water partition coefficient (Wildman–Crippen LogP) is -0.500. The number of aromatic nitrogens is 3. The standard InChI is InChI=1S/C13H17N5O3/c19-12(10-6-17(16-15-10)8-4-14-5-8)18-7-1-2-11(18)9(3-7)13(20)21/h6-9,11,14H,1-5H2,(H,20,21). The summed E-state index contributed by atoms with van der Waals surface area (Å²) in [6.45, 7) is 1.68. The van der Waals surface area contributed by atoms with E-state index in [0.29, 0.717) is 12.1 Å². The van der Waals surface area contributed by atoms with Crippen molar-refractivity contribution in [3.8, 4) is 0 Å². The highest BCUT2D eigenvalue weighted by Crippen LogP contribution is 2.42. The summed E-state index contributed by atoms with van der Waals surface area (Å²) in [7, 11) is 0. The maximum absolute atomic E-state index is 12.6. The van der Waals surface area contributed by atoms with Crippen LogP contribution in [0.15, 0.2) is 6.20 Å². The minimum absolute atomic E-state index is 0.0409. The van der Waals surface area contributed by atoms with Crippen LogP contribution < -0.4 is 5.32 Å². The Bertz CT molecular complexity index is 596. The second-order valence-electron chi connectivity index (χ2n) is 6.09. The van der Waals surface area contributed by atoms with E-state index in [1.807, 2.05) is 0 Å². The van der Waals surface area contributed by atoms with Gasteiger partial charge in [-0.15, -0.1) is 5.10 Å². The number of amides is 1. The molecule has 1 aromatic rings. The van der Waals surface area contributed by atoms with Gasteiger partial charge in [0.15, 0.2) is 5.69 Å². The fraction of sp³-hybridized carbons (Fsp3) is 0.692. The Morgan fingerprint density at radius 1 is 1.29 bits per heavy atom. The van der Waals surface area contributed by atoms with Crippen LogP contribution in [0.4, 0.5) is 0 Å². The summed E-state index contributed by atoms with van der Waals surface area (Å²) in [5.41, 5.74) is 0.324. The Labute approximate surface area is 121 Å². The molecule has 0 saturated carbocycles. The van der Waals surface area contributed by atoms with Crippen molar-refractivity contribution in [3.05, 3.63) is 11.9 Å². The molecule has 3 aliphatic heterocycles. The van der Waals surface area contributed by atoms with Gasteiger partial charge in [-0.3, -0.25) is 9.59 Å². The molecule has 0 aliphatic carbocycles. The van der Waals surface area contributed by atoms with Gasteiger partial charge in [-0.05, 0) is 19.3 Å². The first-order valence-corrected chi connectivity index (χ1v) is 7.33. The summed E-state index contributed by atoms with van der Waals surface area (Å²) in [6, 6.07) is 0.121. The molecule has 3 aliphatic rings. The average Bonchev–Trinajstić information content (AvgIpc) is 3.09. The summed E-state index contributed by atoms with van der Waals surface area (Å²) in [5, 5.41) is 20.4. The molecule has 0 radical (unpaired) electrons. The first-order valence-electron chi connectivity index (χ1n) is 7.33. The topological polar surface area (TPSA) is 100 Å². The molecule has 3 atom stereocenters. The van der Waals surface area contributed by atoms with E-state index in [1.165, 1.54) is 0 Å². The molecule has 4 rings (SSSR count). The van der Waals surface area contributed by atoms with Gasteiger partial charge in [0.2, 0.25) is 0 Å². The normalized spacial score (nSPS) is 31.4. The van der Waals surface area contributed by atoms with E-state index in [-0.39, 0.29) is 24.0 Å². The summed E-state index contributed by atoms with van der Waals surface area (Å²) >= 11 is 0. The molecule has 0 aromatic carbocycles. The van der Waals surface area contributed by atoms with Crippen LogP contribution in [0.1, 0.15) is 35.8 Å². The summed E-state index contributed by atoms with van der Waals surface area (Å²) in [4.78, 5) is 25.6. The number of fused-ring (bicyclic) bond motifs is 2. The number of carboxylic acids is 1. The lowest BCUT2D eigenvalue weighted by Crippen LogP contribution is -2.43. The highest BCUT2D eigenvalue weighted by Gasteiger charge is 2.51. The van der Waals surface area contributed by atoms with Gasteiger partial charge in [0.05, 0.1) is 18.2 Å². The van der Waals surface area contributed by atoms with Crippen molar-refractivity contribution in [2.24, 2.45) is 5.92 Å². The molecule has 112 valence electrons. The molecule has 21 heavy (non-hydrogen) atoms. The molecule has 0 spiro atoms. The maximum atomic E-state index is 12.6. The van der Waals surface area contributed by atoms with Gasteiger partial charge in [0.1, 0.15) is 0 Å². The van der Waals surface area contributed by atoms with Crippen LogP contribution in [-0.2, 0) is 4.79 Å². The number of rotatable bonds is 3. The van der Waals surface area contributed by atoms with E-state index >= 15 is 0 Å². The molecule has 2 bridgehead atoms. The lowest BCUT2D eigenvalue weighted by atomic mass is 9.89. The monoisotopic (exact) mass is 291 g/mol. The van der Waals surface area contributed by atoms with Crippen molar-refractivity contribution in [3.63, 3.8) is 0 Å². The highest BCUT2D eigenvalue weighted by molar-refractivity contribution is 5.93. The number of nitrogens with one attached hydrogen (secondary N) is 1. The third kappa shape index (κ3) is 1.85. The van der Waals surface area contributed by atoms with Crippen LogP contribution in [-0.4, -0.2) is 62.0 Å². The molecule has 1 amide bonds. The summed E-state index contributed by atoms with van der Waals surface area (Å²) in [5.74, 6) is -1.41. The van der Waals surface area contributed by atoms with Gasteiger partial charge < -0.3 is 15.3 Å². The lowest BCUT2D eigenvalue weighted by molar-refractivity contribution is -0.142. The van der Waals surface area contributed by atoms with Crippen LogP contribution in [0.2, 0.25) is 0 Å². The number of hydrogen-bond donors (Lipinski definition) is 2. The summed E-state index contributed by atoms with van der Waals surface area (Å²) in [6.07, 6.45) is 3.91. The van der Waals surface area contributed by atoms with Crippen molar-refractivity contribution >= 4 is 11.9 Å². The molecule has 3 saturated heterocycles. The van der Waals surface area contributed by atoms with Crippen molar-refractivity contribution in [2.75, 3.05) is 13.1 Å². The number of carbonyl (C=O) groups excluding carboxylic acids is 1. The first kappa shape index (κ1) is 12.8. The van der Waals surface area contributed by atoms with Gasteiger partial charge in [-0.25, -0.2) is 4.68 Å².